The Labute approximate surface area is 122 Å². The lowest BCUT2D eigenvalue weighted by atomic mass is 10.3. The maximum atomic E-state index is 12.2. The smallest absolute Gasteiger partial charge is 0.185 e. The summed E-state index contributed by atoms with van der Waals surface area (Å²) in [6, 6.07) is 2.64. The zero-order valence-electron chi connectivity index (χ0n) is 9.43. The predicted octanol–water partition coefficient (Wildman–Crippen LogP) is 2.16. The first-order chi connectivity index (χ1) is 8.90. The highest BCUT2D eigenvalue weighted by molar-refractivity contribution is 9.10. The van der Waals surface area contributed by atoms with Gasteiger partial charge in [0.2, 0.25) is 0 Å². The van der Waals surface area contributed by atoms with Crippen molar-refractivity contribution in [3.8, 4) is 0 Å². The molecule has 2 rings (SSSR count). The van der Waals surface area contributed by atoms with E-state index in [1.807, 2.05) is 0 Å². The third-order valence-corrected chi connectivity index (χ3v) is 5.15. The number of nitrogens with zero attached hydrogens (tertiary/aromatic N) is 1. The van der Waals surface area contributed by atoms with Crippen molar-refractivity contribution in [2.45, 2.75) is 10.6 Å². The van der Waals surface area contributed by atoms with Gasteiger partial charge < -0.3 is 4.98 Å². The standard InChI is InChI=1S/C11H8BrClN2O3S/c12-9-3-8(5-15-11(9)13)19(17,18)6-7-4-14-2-1-10(7)16/h1-5H,6H2,(H,14,16). The van der Waals surface area contributed by atoms with E-state index in [-0.39, 0.29) is 26.8 Å². The molecular formula is C11H8BrClN2O3S. The van der Waals surface area contributed by atoms with Crippen LogP contribution in [0.2, 0.25) is 5.15 Å². The molecule has 0 radical (unpaired) electrons. The molecule has 0 saturated carbocycles. The number of pyridine rings is 2. The molecule has 1 N–H and O–H groups in total. The van der Waals surface area contributed by atoms with Gasteiger partial charge in [-0.15, -0.1) is 0 Å². The van der Waals surface area contributed by atoms with E-state index < -0.39 is 9.84 Å². The van der Waals surface area contributed by atoms with Crippen molar-refractivity contribution < 1.29 is 8.42 Å². The van der Waals surface area contributed by atoms with Crippen molar-refractivity contribution in [2.75, 3.05) is 0 Å². The molecule has 0 fully saturated rings. The van der Waals surface area contributed by atoms with E-state index in [1.165, 1.54) is 30.7 Å². The zero-order valence-corrected chi connectivity index (χ0v) is 12.6. The summed E-state index contributed by atoms with van der Waals surface area (Å²) in [5, 5.41) is 0.177. The molecule has 0 unspecified atom stereocenters. The van der Waals surface area contributed by atoms with Gasteiger partial charge in [-0.2, -0.15) is 0 Å². The van der Waals surface area contributed by atoms with Gasteiger partial charge in [0, 0.05) is 30.2 Å². The molecule has 0 aromatic carbocycles. The van der Waals surface area contributed by atoms with Gasteiger partial charge in [-0.3, -0.25) is 4.79 Å². The fourth-order valence-corrected chi connectivity index (χ4v) is 3.34. The van der Waals surface area contributed by atoms with E-state index in [0.717, 1.165) is 0 Å². The quantitative estimate of drug-likeness (QED) is 0.848. The van der Waals surface area contributed by atoms with Crippen molar-refractivity contribution in [1.82, 2.24) is 9.97 Å². The van der Waals surface area contributed by atoms with Gasteiger partial charge in [-0.1, -0.05) is 11.6 Å². The lowest BCUT2D eigenvalue weighted by molar-refractivity contribution is 0.594. The third-order valence-electron chi connectivity index (χ3n) is 2.38. The first kappa shape index (κ1) is 14.2. The van der Waals surface area contributed by atoms with E-state index in [1.54, 1.807) is 0 Å². The normalized spacial score (nSPS) is 11.5. The van der Waals surface area contributed by atoms with Crippen LogP contribution in [0.1, 0.15) is 5.56 Å². The van der Waals surface area contributed by atoms with Crippen LogP contribution in [0, 0.1) is 0 Å². The number of nitrogens with one attached hydrogen (secondary N) is 1. The molecule has 0 amide bonds. The fraction of sp³-hybridized carbons (Fsp3) is 0.0909. The number of halogens is 2. The van der Waals surface area contributed by atoms with E-state index in [0.29, 0.717) is 4.47 Å². The van der Waals surface area contributed by atoms with Crippen LogP contribution in [0.25, 0.3) is 0 Å². The summed E-state index contributed by atoms with van der Waals surface area (Å²) in [7, 11) is -3.65. The van der Waals surface area contributed by atoms with Crippen LogP contribution in [-0.4, -0.2) is 18.4 Å². The molecular weight excluding hydrogens is 356 g/mol. The molecule has 0 saturated heterocycles. The summed E-state index contributed by atoms with van der Waals surface area (Å²) in [4.78, 5) is 18.0. The Morgan fingerprint density at radius 1 is 1.42 bits per heavy atom. The Bertz CT molecular complexity index is 774. The summed E-state index contributed by atoms with van der Waals surface area (Å²) in [5.74, 6) is -0.390. The number of aromatic amines is 1. The van der Waals surface area contributed by atoms with E-state index >= 15 is 0 Å². The summed E-state index contributed by atoms with van der Waals surface area (Å²) < 4.78 is 24.7. The third kappa shape index (κ3) is 3.23. The Hall–Kier alpha value is -1.18. The van der Waals surface area contributed by atoms with Gasteiger partial charge in [-0.05, 0) is 22.0 Å². The van der Waals surface area contributed by atoms with E-state index in [4.69, 9.17) is 11.6 Å². The molecule has 5 nitrogen and oxygen atoms in total. The zero-order chi connectivity index (χ0) is 14.0. The predicted molar refractivity (Wildman–Crippen MR) is 74.9 cm³/mol. The first-order valence-electron chi connectivity index (χ1n) is 5.10. The van der Waals surface area contributed by atoms with Gasteiger partial charge in [0.25, 0.3) is 0 Å². The molecule has 0 spiro atoms. The Morgan fingerprint density at radius 2 is 2.16 bits per heavy atom. The molecule has 0 aliphatic carbocycles. The highest BCUT2D eigenvalue weighted by Crippen LogP contribution is 2.24. The second-order valence-corrected chi connectivity index (χ2v) is 6.94. The molecule has 0 aliphatic rings. The Balaban J connectivity index is 2.41. The van der Waals surface area contributed by atoms with Gasteiger partial charge in [0.05, 0.1) is 15.1 Å². The lowest BCUT2D eigenvalue weighted by Crippen LogP contribution is -2.14. The summed E-state index contributed by atoms with van der Waals surface area (Å²) in [6.45, 7) is 0. The SMILES string of the molecule is O=c1cc[nH]cc1CS(=O)(=O)c1cnc(Cl)c(Br)c1. The number of rotatable bonds is 3. The molecule has 2 aromatic rings. The number of H-pyrrole nitrogens is 1. The Morgan fingerprint density at radius 3 is 2.79 bits per heavy atom. The van der Waals surface area contributed by atoms with Crippen LogP contribution in [-0.2, 0) is 15.6 Å². The van der Waals surface area contributed by atoms with Gasteiger partial charge in [-0.25, -0.2) is 13.4 Å². The van der Waals surface area contributed by atoms with Crippen molar-refractivity contribution in [3.63, 3.8) is 0 Å². The van der Waals surface area contributed by atoms with Crippen molar-refractivity contribution >= 4 is 37.4 Å². The maximum Gasteiger partial charge on any atom is 0.185 e. The molecule has 0 bridgehead atoms. The second-order valence-electron chi connectivity index (χ2n) is 3.74. The molecule has 8 heteroatoms. The summed E-state index contributed by atoms with van der Waals surface area (Å²) in [5.41, 5.74) is -0.156. The van der Waals surface area contributed by atoms with Crippen LogP contribution in [0.4, 0.5) is 0 Å². The van der Waals surface area contributed by atoms with Crippen LogP contribution >= 0.6 is 27.5 Å². The van der Waals surface area contributed by atoms with Crippen LogP contribution in [0.5, 0.6) is 0 Å². The van der Waals surface area contributed by atoms with E-state index in [2.05, 4.69) is 25.9 Å². The second kappa shape index (κ2) is 5.44. The minimum absolute atomic E-state index is 0.00651. The fourth-order valence-electron chi connectivity index (χ4n) is 1.43. The Kier molecular flexibility index (Phi) is 4.07. The van der Waals surface area contributed by atoms with E-state index in [9.17, 15) is 13.2 Å². The molecule has 19 heavy (non-hydrogen) atoms. The average molecular weight is 364 g/mol. The molecule has 2 aromatic heterocycles. The minimum atomic E-state index is -3.65. The summed E-state index contributed by atoms with van der Waals surface area (Å²) in [6.07, 6.45) is 3.98. The van der Waals surface area contributed by atoms with Gasteiger partial charge in [0.15, 0.2) is 15.3 Å². The largest absolute Gasteiger partial charge is 0.367 e. The number of hydrogen-bond donors (Lipinski definition) is 1. The molecule has 2 heterocycles. The average Bonchev–Trinajstić information content (AvgIpc) is 2.35. The molecule has 0 atom stereocenters. The van der Waals surface area contributed by atoms with Crippen LogP contribution < -0.4 is 5.43 Å². The highest BCUT2D eigenvalue weighted by Gasteiger charge is 2.18. The lowest BCUT2D eigenvalue weighted by Gasteiger charge is -2.05. The van der Waals surface area contributed by atoms with Gasteiger partial charge in [0.1, 0.15) is 5.15 Å². The van der Waals surface area contributed by atoms with Crippen molar-refractivity contribution in [1.29, 1.82) is 0 Å². The van der Waals surface area contributed by atoms with Crippen molar-refractivity contribution in [3.05, 3.63) is 56.1 Å². The first-order valence-corrected chi connectivity index (χ1v) is 7.92. The maximum absolute atomic E-state index is 12.2. The van der Waals surface area contributed by atoms with Gasteiger partial charge >= 0.3 is 0 Å². The number of hydrogen-bond acceptors (Lipinski definition) is 4. The highest BCUT2D eigenvalue weighted by atomic mass is 79.9. The monoisotopic (exact) mass is 362 g/mol. The summed E-state index contributed by atoms with van der Waals surface area (Å²) >= 11 is 8.82. The molecule has 0 aliphatic heterocycles. The molecule has 100 valence electrons. The topological polar surface area (TPSA) is 79.9 Å². The van der Waals surface area contributed by atoms with Crippen LogP contribution in [0.15, 0.2) is 44.9 Å². The minimum Gasteiger partial charge on any atom is -0.367 e. The number of sulfone groups is 1. The number of aromatic nitrogens is 2. The van der Waals surface area contributed by atoms with Crippen LogP contribution in [0.3, 0.4) is 0 Å². The van der Waals surface area contributed by atoms with Crippen molar-refractivity contribution in [2.24, 2.45) is 0 Å².